The number of H-pyrrole nitrogens is 1. The van der Waals surface area contributed by atoms with Gasteiger partial charge in [0.1, 0.15) is 17.8 Å². The van der Waals surface area contributed by atoms with Gasteiger partial charge >= 0.3 is 0 Å². The minimum atomic E-state index is -0.0293. The Kier molecular flexibility index (Phi) is 3.59. The van der Waals surface area contributed by atoms with Gasteiger partial charge in [-0.25, -0.2) is 9.97 Å². The van der Waals surface area contributed by atoms with Gasteiger partial charge < -0.3 is 14.6 Å². The molecule has 3 aromatic rings. The lowest BCUT2D eigenvalue weighted by Gasteiger charge is -2.59. The van der Waals surface area contributed by atoms with Gasteiger partial charge in [-0.2, -0.15) is 5.10 Å². The number of hydrogen-bond donors (Lipinski definition) is 1. The van der Waals surface area contributed by atoms with Crippen LogP contribution in [0.15, 0.2) is 31.0 Å². The van der Waals surface area contributed by atoms with Gasteiger partial charge in [0.25, 0.3) is 0 Å². The predicted molar refractivity (Wildman–Crippen MR) is 104 cm³/mol. The Bertz CT molecular complexity index is 962. The van der Waals surface area contributed by atoms with E-state index in [-0.39, 0.29) is 17.0 Å². The van der Waals surface area contributed by atoms with Crippen LogP contribution in [0.3, 0.4) is 0 Å². The molecule has 27 heavy (non-hydrogen) atoms. The number of hydrogen-bond acceptors (Lipinski definition) is 5. The Labute approximate surface area is 158 Å². The first-order valence-electron chi connectivity index (χ1n) is 9.66. The van der Waals surface area contributed by atoms with Gasteiger partial charge in [0.05, 0.1) is 23.2 Å². The lowest BCUT2D eigenvalue weighted by Crippen LogP contribution is -2.61. The minimum Gasteiger partial charge on any atom is -0.381 e. The first-order chi connectivity index (χ1) is 13.0. The fraction of sp³-hybridized carbons (Fsp3) is 0.550. The van der Waals surface area contributed by atoms with Crippen molar-refractivity contribution in [2.24, 2.45) is 5.41 Å². The van der Waals surface area contributed by atoms with Crippen molar-refractivity contribution in [3.05, 3.63) is 36.5 Å². The molecule has 1 N–H and O–H groups in total. The average molecular weight is 366 g/mol. The third-order valence-corrected chi connectivity index (χ3v) is 6.08. The summed E-state index contributed by atoms with van der Waals surface area (Å²) in [5, 5.41) is 5.75. The zero-order valence-electron chi connectivity index (χ0n) is 16.1. The molecule has 0 saturated carbocycles. The van der Waals surface area contributed by atoms with Gasteiger partial charge in [-0.3, -0.25) is 4.68 Å². The van der Waals surface area contributed by atoms with E-state index in [1.54, 1.807) is 6.33 Å². The van der Waals surface area contributed by atoms with Crippen molar-refractivity contribution in [1.82, 2.24) is 24.7 Å². The number of rotatable bonds is 2. The molecule has 3 aromatic heterocycles. The molecule has 0 aliphatic carbocycles. The van der Waals surface area contributed by atoms with Crippen molar-refractivity contribution >= 4 is 16.9 Å². The van der Waals surface area contributed by atoms with Crippen LogP contribution < -0.4 is 4.90 Å². The van der Waals surface area contributed by atoms with Crippen molar-refractivity contribution in [3.63, 3.8) is 0 Å². The normalized spacial score (nSPS) is 22.3. The monoisotopic (exact) mass is 366 g/mol. The number of ether oxygens (including phenoxy) is 1. The van der Waals surface area contributed by atoms with Crippen molar-refractivity contribution in [2.45, 2.75) is 45.2 Å². The van der Waals surface area contributed by atoms with Gasteiger partial charge in [-0.1, -0.05) is 0 Å². The molecule has 5 heterocycles. The summed E-state index contributed by atoms with van der Waals surface area (Å²) in [5.74, 6) is 1.01. The van der Waals surface area contributed by atoms with Crippen LogP contribution in [0.5, 0.6) is 0 Å². The number of aromatic nitrogens is 5. The largest absolute Gasteiger partial charge is 0.381 e. The molecule has 0 unspecified atom stereocenters. The summed E-state index contributed by atoms with van der Waals surface area (Å²) in [6, 6.07) is 2.33. The minimum absolute atomic E-state index is 0.0293. The molecule has 7 nitrogen and oxygen atoms in total. The third kappa shape index (κ3) is 2.56. The second-order valence-electron chi connectivity index (χ2n) is 8.83. The fourth-order valence-corrected chi connectivity index (χ4v) is 4.61. The van der Waals surface area contributed by atoms with Crippen LogP contribution in [-0.4, -0.2) is 44.5 Å². The van der Waals surface area contributed by atoms with Crippen molar-refractivity contribution in [3.8, 4) is 0 Å². The number of fused-ring (bicyclic) bond motifs is 1. The molecular formula is C20H26N6O. The summed E-state index contributed by atoms with van der Waals surface area (Å²) in [4.78, 5) is 14.6. The molecule has 2 fully saturated rings. The molecule has 2 aliphatic heterocycles. The molecule has 5 rings (SSSR count). The first-order valence-corrected chi connectivity index (χ1v) is 9.66. The van der Waals surface area contributed by atoms with Crippen LogP contribution in [0.4, 0.5) is 5.82 Å². The van der Waals surface area contributed by atoms with E-state index < -0.39 is 0 Å². The second-order valence-corrected chi connectivity index (χ2v) is 8.83. The third-order valence-electron chi connectivity index (χ3n) is 6.08. The zero-order chi connectivity index (χ0) is 18.6. The quantitative estimate of drug-likeness (QED) is 0.754. The smallest absolute Gasteiger partial charge is 0.142 e. The van der Waals surface area contributed by atoms with Crippen molar-refractivity contribution in [2.75, 3.05) is 24.7 Å². The Balaban J connectivity index is 1.58. The first kappa shape index (κ1) is 16.7. The lowest BCUT2D eigenvalue weighted by atomic mass is 9.64. The molecule has 1 spiro atoms. The average Bonchev–Trinajstić information content (AvgIpc) is 3.29. The van der Waals surface area contributed by atoms with Crippen molar-refractivity contribution < 1.29 is 4.74 Å². The Morgan fingerprint density at radius 1 is 1.22 bits per heavy atom. The van der Waals surface area contributed by atoms with Crippen LogP contribution in [-0.2, 0) is 10.3 Å². The molecule has 7 heteroatoms. The van der Waals surface area contributed by atoms with E-state index >= 15 is 0 Å². The van der Waals surface area contributed by atoms with E-state index in [1.807, 2.05) is 12.4 Å². The maximum atomic E-state index is 5.67. The predicted octanol–water partition coefficient (Wildman–Crippen LogP) is 3.27. The molecule has 0 aromatic carbocycles. The molecule has 0 bridgehead atoms. The maximum Gasteiger partial charge on any atom is 0.142 e. The van der Waals surface area contributed by atoms with Gasteiger partial charge in [0, 0.05) is 43.1 Å². The summed E-state index contributed by atoms with van der Waals surface area (Å²) < 4.78 is 7.74. The number of aromatic amines is 1. The maximum absolute atomic E-state index is 5.67. The highest BCUT2D eigenvalue weighted by Crippen LogP contribution is 2.56. The standard InChI is InChI=1S/C20H26N6O/c1-19(2,3)26-11-14(10-24-26)16-20(5-8-27-9-6-20)12-25(16)18-15-4-7-21-17(15)22-13-23-18/h4,7,10-11,13,16H,5-6,8-9,12H2,1-3H3,(H,21,22,23)/t16-/m1/s1. The molecule has 2 aliphatic rings. The van der Waals surface area contributed by atoms with Crippen LogP contribution >= 0.6 is 0 Å². The van der Waals surface area contributed by atoms with Crippen LogP contribution in [0.2, 0.25) is 0 Å². The topological polar surface area (TPSA) is 71.9 Å². The van der Waals surface area contributed by atoms with E-state index in [9.17, 15) is 0 Å². The Morgan fingerprint density at radius 2 is 2.04 bits per heavy atom. The van der Waals surface area contributed by atoms with E-state index in [0.29, 0.717) is 0 Å². The van der Waals surface area contributed by atoms with Crippen LogP contribution in [0.1, 0.15) is 45.2 Å². The lowest BCUT2D eigenvalue weighted by molar-refractivity contribution is -0.0294. The highest BCUT2D eigenvalue weighted by molar-refractivity contribution is 5.88. The summed E-state index contributed by atoms with van der Waals surface area (Å²) in [6.07, 6.45) is 9.99. The second kappa shape index (κ2) is 5.79. The highest BCUT2D eigenvalue weighted by Gasteiger charge is 2.55. The SMILES string of the molecule is CC(C)(C)n1cc([C@H]2N(c3ncnc4[nH]ccc34)CC23CCOCC3)cn1. The van der Waals surface area contributed by atoms with E-state index in [4.69, 9.17) is 4.74 Å². The van der Waals surface area contributed by atoms with Crippen molar-refractivity contribution in [1.29, 1.82) is 0 Å². The zero-order valence-corrected chi connectivity index (χ0v) is 16.1. The van der Waals surface area contributed by atoms with Gasteiger partial charge in [-0.15, -0.1) is 0 Å². The molecular weight excluding hydrogens is 340 g/mol. The Hall–Kier alpha value is -2.41. The summed E-state index contributed by atoms with van der Waals surface area (Å²) in [5.41, 5.74) is 2.35. The van der Waals surface area contributed by atoms with Gasteiger partial charge in [0.2, 0.25) is 0 Å². The fourth-order valence-electron chi connectivity index (χ4n) is 4.61. The molecule has 1 atom stereocenters. The van der Waals surface area contributed by atoms with E-state index in [2.05, 4.69) is 62.7 Å². The molecule has 142 valence electrons. The number of nitrogens with one attached hydrogen (secondary N) is 1. The highest BCUT2D eigenvalue weighted by atomic mass is 16.5. The van der Waals surface area contributed by atoms with E-state index in [0.717, 1.165) is 49.5 Å². The number of anilines is 1. The van der Waals surface area contributed by atoms with Crippen LogP contribution in [0.25, 0.3) is 11.0 Å². The summed E-state index contributed by atoms with van der Waals surface area (Å²) in [7, 11) is 0. The molecule has 2 saturated heterocycles. The molecule has 0 radical (unpaired) electrons. The van der Waals surface area contributed by atoms with Gasteiger partial charge in [0.15, 0.2) is 0 Å². The Morgan fingerprint density at radius 3 is 2.78 bits per heavy atom. The number of nitrogens with zero attached hydrogens (tertiary/aromatic N) is 5. The summed E-state index contributed by atoms with van der Waals surface area (Å²) in [6.45, 7) is 9.21. The molecule has 0 amide bonds. The van der Waals surface area contributed by atoms with E-state index in [1.165, 1.54) is 5.56 Å². The van der Waals surface area contributed by atoms with Crippen LogP contribution in [0, 0.1) is 5.41 Å². The summed E-state index contributed by atoms with van der Waals surface area (Å²) >= 11 is 0. The van der Waals surface area contributed by atoms with Gasteiger partial charge in [-0.05, 0) is 39.7 Å².